The molecule has 152 valence electrons. The van der Waals surface area contributed by atoms with Crippen LogP contribution in [-0.2, 0) is 6.54 Å². The smallest absolute Gasteiger partial charge is 0.257 e. The Morgan fingerprint density at radius 2 is 2.03 bits per heavy atom. The van der Waals surface area contributed by atoms with Crippen LogP contribution in [0.5, 0.6) is 5.75 Å². The highest BCUT2D eigenvalue weighted by molar-refractivity contribution is 5.98. The molecule has 7 nitrogen and oxygen atoms in total. The first-order chi connectivity index (χ1) is 14.5. The van der Waals surface area contributed by atoms with Gasteiger partial charge in [0.25, 0.3) is 5.91 Å². The average Bonchev–Trinajstić information content (AvgIpc) is 3.46. The molecule has 2 heterocycles. The van der Waals surface area contributed by atoms with Gasteiger partial charge < -0.3 is 15.4 Å². The molecular weight excluding hydrogens is 385 g/mol. The molecule has 1 saturated carbocycles. The maximum Gasteiger partial charge on any atom is 0.257 e. The van der Waals surface area contributed by atoms with Crippen LogP contribution in [0.4, 0.5) is 10.2 Å². The van der Waals surface area contributed by atoms with Crippen molar-refractivity contribution in [3.05, 3.63) is 65.9 Å². The van der Waals surface area contributed by atoms with Crippen LogP contribution in [0.25, 0.3) is 16.6 Å². The molecule has 2 aromatic carbocycles. The van der Waals surface area contributed by atoms with Gasteiger partial charge in [-0.1, -0.05) is 12.1 Å². The molecule has 1 fully saturated rings. The van der Waals surface area contributed by atoms with Crippen molar-refractivity contribution in [1.29, 1.82) is 0 Å². The van der Waals surface area contributed by atoms with E-state index >= 15 is 0 Å². The highest BCUT2D eigenvalue weighted by atomic mass is 19.1. The van der Waals surface area contributed by atoms with Gasteiger partial charge in [-0.2, -0.15) is 0 Å². The third kappa shape index (κ3) is 3.10. The molecule has 0 bridgehead atoms. The topological polar surface area (TPSA) is 85.8 Å². The maximum absolute atomic E-state index is 14.9. The van der Waals surface area contributed by atoms with Crippen molar-refractivity contribution in [2.24, 2.45) is 0 Å². The molecule has 0 atom stereocenters. The lowest BCUT2D eigenvalue weighted by Gasteiger charge is -2.23. The third-order valence-corrected chi connectivity index (χ3v) is 5.46. The number of halogens is 1. The number of hydrogen-bond donors (Lipinski definition) is 1. The summed E-state index contributed by atoms with van der Waals surface area (Å²) in [5, 5.41) is 0. The van der Waals surface area contributed by atoms with Gasteiger partial charge in [0.1, 0.15) is 22.9 Å². The first kappa shape index (κ1) is 18.4. The number of hydrogen-bond acceptors (Lipinski definition) is 5. The molecule has 1 aliphatic carbocycles. The lowest BCUT2D eigenvalue weighted by molar-refractivity contribution is 0.0725. The second kappa shape index (κ2) is 6.98. The Morgan fingerprint density at radius 1 is 1.27 bits per heavy atom. The largest absolute Gasteiger partial charge is 0.497 e. The number of nitrogens with two attached hydrogens (primary N) is 1. The molecule has 2 aromatic heterocycles. The Kier molecular flexibility index (Phi) is 4.27. The van der Waals surface area contributed by atoms with Gasteiger partial charge in [-0.25, -0.2) is 14.4 Å². The number of carbonyl (C=O) groups excluding carboxylic acids is 1. The molecular formula is C22H20FN5O2. The molecule has 2 N–H and O–H groups in total. The molecule has 0 unspecified atom stereocenters. The summed E-state index contributed by atoms with van der Waals surface area (Å²) in [4.78, 5) is 23.4. The van der Waals surface area contributed by atoms with Gasteiger partial charge in [-0.05, 0) is 36.6 Å². The standard InChI is InChI=1S/C22H20FN5O2/c1-30-15-6-2-13(3-7-15)11-27(14-4-5-14)22(29)16-8-19-18(9-17(16)23)26-21(24)20-10-25-12-28(19)20/h2-3,6-10,12,14H,4-5,11H2,1H3,(H2,24,26). The highest BCUT2D eigenvalue weighted by Crippen LogP contribution is 2.31. The summed E-state index contributed by atoms with van der Waals surface area (Å²) in [7, 11) is 1.61. The minimum absolute atomic E-state index is 0.0180. The van der Waals surface area contributed by atoms with Crippen LogP contribution in [0.1, 0.15) is 28.8 Å². The molecule has 30 heavy (non-hydrogen) atoms. The van der Waals surface area contributed by atoms with E-state index in [-0.39, 0.29) is 23.3 Å². The number of nitrogens with zero attached hydrogens (tertiary/aromatic N) is 4. The van der Waals surface area contributed by atoms with Gasteiger partial charge in [-0.3, -0.25) is 9.20 Å². The maximum atomic E-state index is 14.9. The quantitative estimate of drug-likeness (QED) is 0.550. The number of benzene rings is 2. The zero-order valence-electron chi connectivity index (χ0n) is 16.4. The second-order valence-corrected chi connectivity index (χ2v) is 7.48. The predicted molar refractivity (Wildman–Crippen MR) is 111 cm³/mol. The SMILES string of the molecule is COc1ccc(CN(C(=O)c2cc3c(cc2F)nc(N)c2cncn23)C2CC2)cc1. The number of imidazole rings is 1. The van der Waals surface area contributed by atoms with Gasteiger partial charge in [0, 0.05) is 18.7 Å². The first-order valence-electron chi connectivity index (χ1n) is 9.70. The van der Waals surface area contributed by atoms with E-state index in [2.05, 4.69) is 9.97 Å². The highest BCUT2D eigenvalue weighted by Gasteiger charge is 2.34. The Balaban J connectivity index is 1.54. The van der Waals surface area contributed by atoms with Crippen LogP contribution in [0, 0.1) is 5.82 Å². The molecule has 0 aliphatic heterocycles. The summed E-state index contributed by atoms with van der Waals surface area (Å²) in [6, 6.07) is 10.5. The van der Waals surface area contributed by atoms with Crippen LogP contribution >= 0.6 is 0 Å². The van der Waals surface area contributed by atoms with E-state index in [1.54, 1.807) is 28.9 Å². The predicted octanol–water partition coefficient (Wildman–Crippen LogP) is 3.42. The van der Waals surface area contributed by atoms with E-state index in [1.165, 1.54) is 12.1 Å². The number of anilines is 1. The Bertz CT molecular complexity index is 1260. The molecule has 0 spiro atoms. The van der Waals surface area contributed by atoms with Gasteiger partial charge in [0.15, 0.2) is 0 Å². The van der Waals surface area contributed by atoms with Crippen LogP contribution in [0.2, 0.25) is 0 Å². The monoisotopic (exact) mass is 405 g/mol. The van der Waals surface area contributed by atoms with Gasteiger partial charge in [0.05, 0.1) is 36.2 Å². The first-order valence-corrected chi connectivity index (χ1v) is 9.70. The number of aromatic nitrogens is 3. The average molecular weight is 405 g/mol. The van der Waals surface area contributed by atoms with Crippen LogP contribution in [0.3, 0.4) is 0 Å². The number of ether oxygens (including phenoxy) is 1. The summed E-state index contributed by atoms with van der Waals surface area (Å²) in [6.45, 7) is 0.408. The fraction of sp³-hybridized carbons (Fsp3) is 0.227. The van der Waals surface area contributed by atoms with Crippen molar-refractivity contribution in [3.63, 3.8) is 0 Å². The van der Waals surface area contributed by atoms with Gasteiger partial charge in [0.2, 0.25) is 0 Å². The van der Waals surface area contributed by atoms with E-state index in [4.69, 9.17) is 10.5 Å². The van der Waals surface area contributed by atoms with Crippen LogP contribution < -0.4 is 10.5 Å². The van der Waals surface area contributed by atoms with E-state index < -0.39 is 5.82 Å². The van der Waals surface area contributed by atoms with Gasteiger partial charge >= 0.3 is 0 Å². The number of amides is 1. The van der Waals surface area contributed by atoms with Crippen molar-refractivity contribution in [3.8, 4) is 5.75 Å². The second-order valence-electron chi connectivity index (χ2n) is 7.48. The number of nitrogen functional groups attached to an aromatic ring is 1. The lowest BCUT2D eigenvalue weighted by Crippen LogP contribution is -2.33. The van der Waals surface area contributed by atoms with Gasteiger partial charge in [-0.15, -0.1) is 0 Å². The lowest BCUT2D eigenvalue weighted by atomic mass is 10.1. The normalized spacial score (nSPS) is 13.7. The summed E-state index contributed by atoms with van der Waals surface area (Å²) >= 11 is 0. The number of rotatable bonds is 5. The zero-order valence-corrected chi connectivity index (χ0v) is 16.4. The van der Waals surface area contributed by atoms with E-state index in [1.807, 2.05) is 24.3 Å². The molecule has 0 saturated heterocycles. The molecule has 1 aliphatic rings. The summed E-state index contributed by atoms with van der Waals surface area (Å²) < 4.78 is 21.9. The van der Waals surface area contributed by atoms with Crippen molar-refractivity contribution in [1.82, 2.24) is 19.3 Å². The van der Waals surface area contributed by atoms with E-state index in [0.29, 0.717) is 23.1 Å². The summed E-state index contributed by atoms with van der Waals surface area (Å²) in [5.41, 5.74) is 8.49. The molecule has 1 amide bonds. The Labute approximate surface area is 171 Å². The van der Waals surface area contributed by atoms with Crippen molar-refractivity contribution >= 4 is 28.3 Å². The molecule has 8 heteroatoms. The van der Waals surface area contributed by atoms with E-state index in [9.17, 15) is 9.18 Å². The molecule has 4 aromatic rings. The van der Waals surface area contributed by atoms with Crippen LogP contribution in [0.15, 0.2) is 48.9 Å². The van der Waals surface area contributed by atoms with Crippen molar-refractivity contribution in [2.45, 2.75) is 25.4 Å². The van der Waals surface area contributed by atoms with Crippen molar-refractivity contribution in [2.75, 3.05) is 12.8 Å². The number of methoxy groups -OCH3 is 1. The Hall–Kier alpha value is -3.68. The zero-order chi connectivity index (χ0) is 20.8. The fourth-order valence-corrected chi connectivity index (χ4v) is 3.70. The summed E-state index contributed by atoms with van der Waals surface area (Å²) in [6.07, 6.45) is 5.01. The Morgan fingerprint density at radius 3 is 2.73 bits per heavy atom. The minimum Gasteiger partial charge on any atom is -0.497 e. The summed E-state index contributed by atoms with van der Waals surface area (Å²) in [5.74, 6) is 0.0642. The number of carbonyl (C=O) groups is 1. The third-order valence-electron chi connectivity index (χ3n) is 5.46. The molecule has 5 rings (SSSR count). The minimum atomic E-state index is -0.612. The van der Waals surface area contributed by atoms with Crippen molar-refractivity contribution < 1.29 is 13.9 Å². The molecule has 0 radical (unpaired) electrons. The number of fused-ring (bicyclic) bond motifs is 3. The fourth-order valence-electron chi connectivity index (χ4n) is 3.70. The van der Waals surface area contributed by atoms with E-state index in [0.717, 1.165) is 24.2 Å². The van der Waals surface area contributed by atoms with Crippen LogP contribution in [-0.4, -0.2) is 38.3 Å².